The fourth-order valence-electron chi connectivity index (χ4n) is 1.70. The summed E-state index contributed by atoms with van der Waals surface area (Å²) in [6.07, 6.45) is 0. The third-order valence-electron chi connectivity index (χ3n) is 3.32. The molecule has 8 nitrogen and oxygen atoms in total. The molecule has 2 rings (SSSR count). The number of alkyl halides is 1. The van der Waals surface area contributed by atoms with E-state index in [0.29, 0.717) is 12.5 Å². The Labute approximate surface area is 192 Å². The molecule has 0 fully saturated rings. The minimum Gasteiger partial charge on any atom is -0.298 e. The molecule has 0 spiro atoms. The molecule has 2 heterocycles. The first-order chi connectivity index (χ1) is 13.3. The molecule has 0 unspecified atom stereocenters. The lowest BCUT2D eigenvalue weighted by molar-refractivity contribution is 0.488. The van der Waals surface area contributed by atoms with E-state index in [4.69, 9.17) is 23.2 Å². The van der Waals surface area contributed by atoms with Gasteiger partial charge in [-0.3, -0.25) is 28.3 Å². The van der Waals surface area contributed by atoms with Crippen molar-refractivity contribution in [3.63, 3.8) is 0 Å². The highest BCUT2D eigenvalue weighted by molar-refractivity contribution is 14.1. The predicted octanol–water partition coefficient (Wildman–Crippen LogP) is 2.66. The van der Waals surface area contributed by atoms with Gasteiger partial charge in [0, 0.05) is 37.2 Å². The molecular weight excluding hydrogens is 534 g/mol. The molecule has 0 saturated carbocycles. The Bertz CT molecular complexity index is 991. The number of hydrogen-bond acceptors (Lipinski definition) is 4. The molecule has 0 aliphatic carbocycles. The minimum atomic E-state index is -0.502. The van der Waals surface area contributed by atoms with Gasteiger partial charge in [-0.1, -0.05) is 73.5 Å². The van der Waals surface area contributed by atoms with E-state index >= 15 is 0 Å². The van der Waals surface area contributed by atoms with Crippen molar-refractivity contribution in [2.75, 3.05) is 4.43 Å². The number of aromatic amines is 1. The minimum absolute atomic E-state index is 0.0631. The van der Waals surface area contributed by atoms with Crippen LogP contribution in [0.5, 0.6) is 0 Å². The first-order valence-corrected chi connectivity index (χ1v) is 11.1. The van der Waals surface area contributed by atoms with Crippen LogP contribution in [0.25, 0.3) is 0 Å². The molecule has 0 aliphatic rings. The van der Waals surface area contributed by atoms with Crippen LogP contribution in [-0.4, -0.2) is 23.1 Å². The third-order valence-corrected chi connectivity index (χ3v) is 5.60. The molecule has 2 aromatic heterocycles. The van der Waals surface area contributed by atoms with Gasteiger partial charge < -0.3 is 0 Å². The number of hydrogen-bond donors (Lipinski definition) is 1. The number of H-pyrrole nitrogens is 1. The zero-order chi connectivity index (χ0) is 22.9. The molecule has 0 aliphatic heterocycles. The van der Waals surface area contributed by atoms with Gasteiger partial charge in [0.2, 0.25) is 0 Å². The fourth-order valence-corrected chi connectivity index (χ4v) is 2.11. The Morgan fingerprint density at radius 1 is 0.931 bits per heavy atom. The first-order valence-electron chi connectivity index (χ1n) is 8.79. The van der Waals surface area contributed by atoms with Gasteiger partial charge in [-0.15, -0.1) is 0 Å². The SMILES string of the molecule is CC(C)CI.CC(C)Cn1c(Cl)cc(=O)n(C)c1=O.Cn1c(=O)cc(Cl)[nH]c1=O. The maximum absolute atomic E-state index is 11.6. The van der Waals surface area contributed by atoms with E-state index in [0.717, 1.165) is 21.1 Å². The van der Waals surface area contributed by atoms with Crippen LogP contribution in [-0.2, 0) is 20.6 Å². The van der Waals surface area contributed by atoms with Gasteiger partial charge in [0.15, 0.2) is 0 Å². The van der Waals surface area contributed by atoms with Gasteiger partial charge in [0.25, 0.3) is 11.1 Å². The maximum atomic E-state index is 11.6. The van der Waals surface area contributed by atoms with Crippen LogP contribution in [0.1, 0.15) is 27.7 Å². The van der Waals surface area contributed by atoms with Crippen molar-refractivity contribution in [1.82, 2.24) is 18.7 Å². The number of rotatable bonds is 3. The van der Waals surface area contributed by atoms with Crippen molar-refractivity contribution < 1.29 is 0 Å². The van der Waals surface area contributed by atoms with Crippen molar-refractivity contribution in [3.05, 3.63) is 64.1 Å². The van der Waals surface area contributed by atoms with Crippen LogP contribution in [0.3, 0.4) is 0 Å². The topological polar surface area (TPSA) is 98.9 Å². The maximum Gasteiger partial charge on any atom is 0.331 e. The smallest absolute Gasteiger partial charge is 0.298 e. The summed E-state index contributed by atoms with van der Waals surface area (Å²) in [5, 5.41) is 0.264. The second-order valence-electron chi connectivity index (χ2n) is 7.02. The zero-order valence-corrected chi connectivity index (χ0v) is 21.0. The summed E-state index contributed by atoms with van der Waals surface area (Å²) in [6, 6.07) is 2.40. The molecule has 0 radical (unpaired) electrons. The predicted molar refractivity (Wildman–Crippen MR) is 127 cm³/mol. The highest BCUT2D eigenvalue weighted by atomic mass is 127. The van der Waals surface area contributed by atoms with Crippen LogP contribution in [0.4, 0.5) is 0 Å². The summed E-state index contributed by atoms with van der Waals surface area (Å²) in [6.45, 7) is 8.91. The van der Waals surface area contributed by atoms with Gasteiger partial charge in [-0.2, -0.15) is 0 Å². The lowest BCUT2D eigenvalue weighted by Crippen LogP contribution is -2.38. The first kappa shape index (κ1) is 27.7. The second-order valence-corrected chi connectivity index (χ2v) is 8.69. The summed E-state index contributed by atoms with van der Waals surface area (Å²) in [5.41, 5.74) is -1.65. The van der Waals surface area contributed by atoms with E-state index in [1.165, 1.54) is 29.2 Å². The molecule has 0 atom stereocenters. The Morgan fingerprint density at radius 2 is 1.41 bits per heavy atom. The van der Waals surface area contributed by atoms with Crippen LogP contribution >= 0.6 is 45.8 Å². The highest BCUT2D eigenvalue weighted by Crippen LogP contribution is 2.05. The monoisotopic (exact) mass is 560 g/mol. The van der Waals surface area contributed by atoms with E-state index in [-0.39, 0.29) is 21.6 Å². The van der Waals surface area contributed by atoms with Crippen LogP contribution < -0.4 is 22.5 Å². The van der Waals surface area contributed by atoms with Crippen molar-refractivity contribution in [1.29, 1.82) is 0 Å². The molecule has 0 amide bonds. The lowest BCUT2D eigenvalue weighted by Gasteiger charge is -2.11. The second kappa shape index (κ2) is 13.1. The molecule has 0 aromatic carbocycles. The molecule has 0 saturated heterocycles. The lowest BCUT2D eigenvalue weighted by atomic mass is 10.2. The van der Waals surface area contributed by atoms with E-state index in [2.05, 4.69) is 41.4 Å². The molecule has 1 N–H and O–H groups in total. The summed E-state index contributed by atoms with van der Waals surface area (Å²) < 4.78 is 4.66. The number of nitrogens with zero attached hydrogens (tertiary/aromatic N) is 3. The number of halogens is 3. The van der Waals surface area contributed by atoms with Gasteiger partial charge in [0.05, 0.1) is 0 Å². The highest BCUT2D eigenvalue weighted by Gasteiger charge is 2.08. The van der Waals surface area contributed by atoms with Gasteiger partial charge in [0.1, 0.15) is 10.3 Å². The van der Waals surface area contributed by atoms with Crippen LogP contribution in [0.15, 0.2) is 31.3 Å². The Hall–Kier alpha value is -1.33. The van der Waals surface area contributed by atoms with Gasteiger partial charge >= 0.3 is 11.4 Å². The Balaban J connectivity index is 0.000000455. The summed E-state index contributed by atoms with van der Waals surface area (Å²) >= 11 is 13.5. The summed E-state index contributed by atoms with van der Waals surface area (Å²) in [5.74, 6) is 1.18. The third kappa shape index (κ3) is 9.81. The number of aromatic nitrogens is 4. The van der Waals surface area contributed by atoms with Gasteiger partial charge in [-0.05, 0) is 11.8 Å². The number of nitrogens with one attached hydrogen (secondary N) is 1. The van der Waals surface area contributed by atoms with Crippen molar-refractivity contribution in [3.8, 4) is 0 Å². The molecule has 2 aromatic rings. The van der Waals surface area contributed by atoms with E-state index in [1.807, 2.05) is 13.8 Å². The van der Waals surface area contributed by atoms with Crippen LogP contribution in [0, 0.1) is 11.8 Å². The largest absolute Gasteiger partial charge is 0.331 e. The molecule has 164 valence electrons. The molecular formula is C18H27Cl2IN4O4. The fraction of sp³-hybridized carbons (Fsp3) is 0.556. The molecule has 29 heavy (non-hydrogen) atoms. The van der Waals surface area contributed by atoms with Crippen LogP contribution in [0.2, 0.25) is 10.3 Å². The molecule has 11 heteroatoms. The zero-order valence-electron chi connectivity index (χ0n) is 17.3. The van der Waals surface area contributed by atoms with Crippen molar-refractivity contribution in [2.45, 2.75) is 34.2 Å². The van der Waals surface area contributed by atoms with Crippen molar-refractivity contribution in [2.24, 2.45) is 25.9 Å². The summed E-state index contributed by atoms with van der Waals surface area (Å²) in [7, 11) is 2.81. The Morgan fingerprint density at radius 3 is 1.83 bits per heavy atom. The average Bonchev–Trinajstić information content (AvgIpc) is 2.62. The quantitative estimate of drug-likeness (QED) is 0.354. The Kier molecular flexibility index (Phi) is 12.5. The normalized spacial score (nSPS) is 10.3. The van der Waals surface area contributed by atoms with E-state index in [1.54, 1.807) is 0 Å². The summed E-state index contributed by atoms with van der Waals surface area (Å²) in [4.78, 5) is 46.4. The average molecular weight is 561 g/mol. The standard InChI is InChI=1S/C9H13ClN2O2.C5H5ClN2O2.C4H9I/c1-6(2)5-12-7(10)4-8(13)11(3)9(12)14;1-8-4(9)2-3(6)7-5(8)10;1-4(2)3-5/h4,6H,5H2,1-3H3;2H,1H3,(H,7,10);4H,3H2,1-2H3. The van der Waals surface area contributed by atoms with E-state index in [9.17, 15) is 19.2 Å². The van der Waals surface area contributed by atoms with E-state index < -0.39 is 11.2 Å². The van der Waals surface area contributed by atoms with Gasteiger partial charge in [-0.25, -0.2) is 9.59 Å². The van der Waals surface area contributed by atoms with Crippen molar-refractivity contribution >= 4 is 45.8 Å². The molecule has 0 bridgehead atoms.